The van der Waals surface area contributed by atoms with Crippen molar-refractivity contribution in [1.82, 2.24) is 35.1 Å². The van der Waals surface area contributed by atoms with Gasteiger partial charge in [0.1, 0.15) is 60.9 Å². The van der Waals surface area contributed by atoms with Crippen molar-refractivity contribution in [3.8, 4) is 22.8 Å². The molecule has 0 radical (unpaired) electrons. The molecule has 0 unspecified atom stereocenters. The van der Waals surface area contributed by atoms with Crippen LogP contribution in [0.5, 0.6) is 0 Å². The summed E-state index contributed by atoms with van der Waals surface area (Å²) in [5, 5.41) is 6.71. The highest BCUT2D eigenvalue weighted by Crippen LogP contribution is 2.43. The summed E-state index contributed by atoms with van der Waals surface area (Å²) in [5.41, 5.74) is 10.4. The third kappa shape index (κ3) is 16.3. The van der Waals surface area contributed by atoms with Gasteiger partial charge >= 0.3 is 36.1 Å². The topological polar surface area (TPSA) is 239 Å². The Hall–Kier alpha value is -10.4. The monoisotopic (exact) mass is 1380 g/mol. The molecule has 3 aliphatic heterocycles. The minimum atomic E-state index is -0.588. The number of fused-ring (bicyclic) bond motifs is 4. The number of ether oxygens (including phenoxy) is 6. The maximum Gasteiger partial charge on any atom is 0.410 e. The number of rotatable bonds is 18. The summed E-state index contributed by atoms with van der Waals surface area (Å²) in [6, 6.07) is 36.0. The van der Waals surface area contributed by atoms with Crippen LogP contribution in [0.25, 0.3) is 66.4 Å². The number of hydrogen-bond donors (Lipinski definition) is 5. The van der Waals surface area contributed by atoms with E-state index in [1.54, 1.807) is 28.0 Å². The van der Waals surface area contributed by atoms with E-state index in [-0.39, 0.29) is 88.4 Å². The molecule has 0 spiro atoms. The van der Waals surface area contributed by atoms with Gasteiger partial charge < -0.3 is 63.5 Å². The van der Waals surface area contributed by atoms with Crippen LogP contribution < -0.4 is 5.32 Å². The second kappa shape index (κ2) is 30.6. The molecule has 14 rings (SSSR count). The van der Waals surface area contributed by atoms with E-state index in [1.165, 1.54) is 76.2 Å². The lowest BCUT2D eigenvalue weighted by atomic mass is 9.93. The number of nitrogens with one attached hydrogen (secondary N) is 5. The van der Waals surface area contributed by atoms with Crippen LogP contribution in [0.3, 0.4) is 0 Å². The van der Waals surface area contributed by atoms with Gasteiger partial charge in [0.05, 0.1) is 35.9 Å². The van der Waals surface area contributed by atoms with Gasteiger partial charge in [-0.25, -0.2) is 27.2 Å². The highest BCUT2D eigenvalue weighted by Gasteiger charge is 2.42. The number of H-pyrrole nitrogens is 4. The predicted octanol–water partition coefficient (Wildman–Crippen LogP) is 14.7. The SMILES string of the molecule is C.CC(=O)O[C@@H]1CC[C@H](Cc2c(-c3[nH]c4cc(F)ccc4c3C[C@@H]3C[C@H](OC(C)=O)CN3)[nH]c3cc(F)ccc23)C1.CC(=O)O[C@H]1C[C@@H](Cc2c(-c3[nH]c4cc(F)ccc4c3C[C@@H]3C[C@H](OC(C)=O)CN3C(=O)OCc3ccccc3)[nH]c3cc(F)ccc23)N(C(=O)OCc2ccccc2)C1. The summed E-state index contributed by atoms with van der Waals surface area (Å²) in [6.45, 7) is 6.39. The number of nitrogens with zero attached hydrogens (tertiary/aromatic N) is 2. The first-order valence-corrected chi connectivity index (χ1v) is 33.8. The van der Waals surface area contributed by atoms with Gasteiger partial charge in [-0.05, 0) is 157 Å². The Balaban J connectivity index is 0.000000204. The molecule has 1 saturated carbocycles. The van der Waals surface area contributed by atoms with E-state index in [2.05, 4.69) is 25.3 Å². The number of benzene rings is 6. The summed E-state index contributed by atoms with van der Waals surface area (Å²) < 4.78 is 91.9. The second-order valence-electron chi connectivity index (χ2n) is 26.6. The van der Waals surface area contributed by atoms with E-state index in [0.29, 0.717) is 82.4 Å². The Kier molecular flexibility index (Phi) is 21.3. The molecule has 2 amide bonds. The molecule has 10 aromatic rings. The predicted molar refractivity (Wildman–Crippen MR) is 372 cm³/mol. The van der Waals surface area contributed by atoms with E-state index in [4.69, 9.17) is 28.4 Å². The molecule has 528 valence electrons. The summed E-state index contributed by atoms with van der Waals surface area (Å²) in [4.78, 5) is 91.6. The first-order valence-electron chi connectivity index (χ1n) is 33.8. The van der Waals surface area contributed by atoms with Crippen LogP contribution >= 0.6 is 0 Å². The molecule has 3 saturated heterocycles. The summed E-state index contributed by atoms with van der Waals surface area (Å²) in [5.74, 6) is -2.79. The van der Waals surface area contributed by atoms with Gasteiger partial charge in [-0.3, -0.25) is 19.2 Å². The van der Waals surface area contributed by atoms with Crippen molar-refractivity contribution in [1.29, 1.82) is 0 Å². The van der Waals surface area contributed by atoms with Crippen LogP contribution in [0.15, 0.2) is 133 Å². The molecule has 23 heteroatoms. The van der Waals surface area contributed by atoms with E-state index in [0.717, 1.165) is 81.2 Å². The average Bonchev–Trinajstić information content (AvgIpc) is 1.60. The molecule has 7 heterocycles. The van der Waals surface area contributed by atoms with Crippen molar-refractivity contribution in [2.45, 2.75) is 155 Å². The minimum absolute atomic E-state index is 0. The summed E-state index contributed by atoms with van der Waals surface area (Å²) in [7, 11) is 0. The third-order valence-corrected chi connectivity index (χ3v) is 19.4. The number of aromatic amines is 4. The fourth-order valence-corrected chi connectivity index (χ4v) is 15.3. The Bertz CT molecular complexity index is 4410. The third-order valence-electron chi connectivity index (χ3n) is 19.4. The Morgan fingerprint density at radius 2 is 0.772 bits per heavy atom. The lowest BCUT2D eigenvalue weighted by Gasteiger charge is -2.25. The Morgan fingerprint density at radius 3 is 1.16 bits per heavy atom. The zero-order valence-corrected chi connectivity index (χ0v) is 55.7. The zero-order valence-electron chi connectivity index (χ0n) is 55.7. The number of carbonyl (C=O) groups excluding carboxylic acids is 6. The van der Waals surface area contributed by atoms with Crippen LogP contribution in [0.4, 0.5) is 27.2 Å². The number of aromatic nitrogens is 4. The molecule has 8 atom stereocenters. The largest absolute Gasteiger partial charge is 0.463 e. The highest BCUT2D eigenvalue weighted by atomic mass is 19.1. The number of hydrogen-bond acceptors (Lipinski definition) is 13. The van der Waals surface area contributed by atoms with Gasteiger partial charge in [-0.1, -0.05) is 68.1 Å². The first-order chi connectivity index (χ1) is 48.2. The maximum atomic E-state index is 14.9. The normalized spacial score (nSPS) is 20.2. The second-order valence-corrected chi connectivity index (χ2v) is 26.6. The number of amides is 2. The molecule has 101 heavy (non-hydrogen) atoms. The van der Waals surface area contributed by atoms with E-state index < -0.39 is 60.1 Å². The molecule has 4 aromatic heterocycles. The van der Waals surface area contributed by atoms with Crippen molar-refractivity contribution in [3.05, 3.63) is 190 Å². The molecule has 4 fully saturated rings. The van der Waals surface area contributed by atoms with Crippen LogP contribution in [0.2, 0.25) is 0 Å². The molecule has 5 N–H and O–H groups in total. The standard InChI is InChI=1S/C46H44F2N4O8.C31H33F2N3O4.CH4/c1-27(53)59-35-19-33(51(23-35)45(55)57-25-29-9-5-3-6-10-29)21-39-37-15-13-31(47)17-41(37)49-43(39)44-40(38-16-14-32(48)18-42(38)50-44)22-34-20-36(60-28(2)54)24-52(34)46(56)58-26-30-11-7-4-8-12-30;1-16(37)39-22-6-3-18(9-22)10-26-24-7-4-19(32)11-28(24)35-30(26)31-27(25-8-5-20(33)12-29(25)36-31)14-21-13-23(15-34-21)40-17(2)38;/h3-18,33-36,49-50H,19-26H2,1-2H3;4-5,7-8,11-12,18,21-23,34-36H,3,6,9-10,13-15H2,1-2H3;1H4/t33-,34-,35-,36-;18-,21-,22+,23-;/m00./s1. The van der Waals surface area contributed by atoms with Crippen molar-refractivity contribution in [3.63, 3.8) is 0 Å². The van der Waals surface area contributed by atoms with Crippen LogP contribution in [0, 0.1) is 29.2 Å². The van der Waals surface area contributed by atoms with Gasteiger partial charge in [0.25, 0.3) is 0 Å². The molecule has 0 bridgehead atoms. The van der Waals surface area contributed by atoms with E-state index in [1.807, 2.05) is 66.7 Å². The molecule has 19 nitrogen and oxygen atoms in total. The van der Waals surface area contributed by atoms with Gasteiger partial charge in [0, 0.05) is 115 Å². The van der Waals surface area contributed by atoms with Crippen molar-refractivity contribution < 1.29 is 74.8 Å². The summed E-state index contributed by atoms with van der Waals surface area (Å²) in [6.07, 6.45) is 3.12. The maximum absolute atomic E-state index is 14.9. The lowest BCUT2D eigenvalue weighted by molar-refractivity contribution is -0.146. The quantitative estimate of drug-likeness (QED) is 0.0306. The van der Waals surface area contributed by atoms with Crippen molar-refractivity contribution in [2.24, 2.45) is 5.92 Å². The smallest absolute Gasteiger partial charge is 0.410 e. The number of esters is 4. The summed E-state index contributed by atoms with van der Waals surface area (Å²) >= 11 is 0. The van der Waals surface area contributed by atoms with Crippen molar-refractivity contribution >= 4 is 79.7 Å². The van der Waals surface area contributed by atoms with E-state index >= 15 is 0 Å². The molecular formula is C78H81F4N7O12. The fraction of sp³-hybridized carbons (Fsp3) is 0.359. The number of halogens is 4. The Labute approximate surface area is 580 Å². The minimum Gasteiger partial charge on any atom is -0.463 e. The Morgan fingerprint density at radius 1 is 0.416 bits per heavy atom. The van der Waals surface area contributed by atoms with Gasteiger partial charge in [0.15, 0.2) is 0 Å². The van der Waals surface area contributed by atoms with Crippen LogP contribution in [-0.2, 0) is 86.5 Å². The highest BCUT2D eigenvalue weighted by molar-refractivity contribution is 5.98. The number of carbonyl (C=O) groups is 6. The van der Waals surface area contributed by atoms with E-state index in [9.17, 15) is 46.3 Å². The van der Waals surface area contributed by atoms with Crippen molar-refractivity contribution in [2.75, 3.05) is 19.6 Å². The van der Waals surface area contributed by atoms with Gasteiger partial charge in [-0.15, -0.1) is 0 Å². The van der Waals surface area contributed by atoms with Gasteiger partial charge in [-0.2, -0.15) is 0 Å². The molecule has 6 aromatic carbocycles. The zero-order chi connectivity index (χ0) is 69.9. The lowest BCUT2D eigenvalue weighted by Crippen LogP contribution is -2.38. The molecule has 4 aliphatic rings. The number of likely N-dealkylation sites (tertiary alicyclic amines) is 2. The van der Waals surface area contributed by atoms with Crippen LogP contribution in [-0.4, -0.2) is 128 Å². The fourth-order valence-electron chi connectivity index (χ4n) is 15.3. The molecular weight excluding hydrogens is 1300 g/mol. The average molecular weight is 1380 g/mol. The first kappa shape index (κ1) is 70.4. The van der Waals surface area contributed by atoms with Gasteiger partial charge in [0.2, 0.25) is 0 Å². The molecule has 1 aliphatic carbocycles. The van der Waals surface area contributed by atoms with Crippen LogP contribution in [0.1, 0.15) is 107 Å².